The zero-order valence-corrected chi connectivity index (χ0v) is 16.2. The molecule has 3 atom stereocenters. The van der Waals surface area contributed by atoms with Gasteiger partial charge in [-0.15, -0.1) is 0 Å². The second-order valence-electron chi connectivity index (χ2n) is 7.87. The fourth-order valence-electron chi connectivity index (χ4n) is 4.65. The van der Waals surface area contributed by atoms with E-state index >= 15 is 0 Å². The van der Waals surface area contributed by atoms with Crippen LogP contribution in [-0.4, -0.2) is 49.5 Å². The van der Waals surface area contributed by atoms with Crippen LogP contribution in [-0.2, 0) is 16.0 Å². The van der Waals surface area contributed by atoms with E-state index in [1.807, 2.05) is 0 Å². The molecule has 0 saturated carbocycles. The number of amides is 1. The number of ketones is 2. The summed E-state index contributed by atoms with van der Waals surface area (Å²) >= 11 is 0. The molecule has 9 heteroatoms. The summed E-state index contributed by atoms with van der Waals surface area (Å²) in [6.07, 6.45) is -0.134. The summed E-state index contributed by atoms with van der Waals surface area (Å²) in [5.41, 5.74) is 8.43. The number of hydrogen-bond donors (Lipinski definition) is 6. The van der Waals surface area contributed by atoms with Crippen LogP contribution >= 0.6 is 0 Å². The van der Waals surface area contributed by atoms with Crippen molar-refractivity contribution in [1.29, 1.82) is 0 Å². The van der Waals surface area contributed by atoms with Gasteiger partial charge in [-0.2, -0.15) is 0 Å². The molecule has 0 aliphatic heterocycles. The number of aliphatic hydroxyl groups is 2. The monoisotopic (exact) mass is 412 g/mol. The summed E-state index contributed by atoms with van der Waals surface area (Å²) in [7, 11) is 0. The molecule has 0 saturated heterocycles. The Labute approximate surface area is 170 Å². The minimum Gasteiger partial charge on any atom is -0.510 e. The Morgan fingerprint density at radius 2 is 1.73 bits per heavy atom. The zero-order valence-electron chi connectivity index (χ0n) is 16.2. The Morgan fingerprint density at radius 1 is 1.10 bits per heavy atom. The van der Waals surface area contributed by atoms with Gasteiger partial charge < -0.3 is 31.9 Å². The van der Waals surface area contributed by atoms with Gasteiger partial charge in [-0.3, -0.25) is 14.4 Å². The number of rotatable bonds is 1. The summed E-state index contributed by atoms with van der Waals surface area (Å²) in [6.45, 7) is 3.29. The predicted molar refractivity (Wildman–Crippen MR) is 105 cm³/mol. The Balaban J connectivity index is 2.07. The molecule has 0 spiro atoms. The van der Waals surface area contributed by atoms with Crippen LogP contribution in [0, 0.1) is 19.8 Å². The van der Waals surface area contributed by atoms with Gasteiger partial charge in [0.05, 0.1) is 17.0 Å². The molecule has 2 aliphatic carbocycles. The first-order valence-corrected chi connectivity index (χ1v) is 9.21. The maximum Gasteiger partial charge on any atom is 0.255 e. The minimum atomic E-state index is -2.79. The molecule has 2 unspecified atom stereocenters. The number of benzene rings is 2. The van der Waals surface area contributed by atoms with E-state index in [4.69, 9.17) is 11.5 Å². The standard InChI is InChI=1S/C21H20N2O7/c1-6-3-4-8-7(2)9-5-10-14(22)17(26)13(20(23)29)19(28)21(10,30)18(27)12(9)16(25)11(8)15(6)24/h3-4,10,14,24-26,30H,5,22H2,1-2H3,(H2,23,29)/t10?,14-,21?/m0/s1. The minimum absolute atomic E-state index is 0.0164. The largest absolute Gasteiger partial charge is 0.510 e. The highest BCUT2D eigenvalue weighted by Gasteiger charge is 2.62. The Morgan fingerprint density at radius 3 is 2.33 bits per heavy atom. The molecule has 4 rings (SSSR count). The van der Waals surface area contributed by atoms with Crippen molar-refractivity contribution in [3.63, 3.8) is 0 Å². The van der Waals surface area contributed by atoms with E-state index in [2.05, 4.69) is 0 Å². The highest BCUT2D eigenvalue weighted by molar-refractivity contribution is 6.33. The highest BCUT2D eigenvalue weighted by Crippen LogP contribution is 2.49. The van der Waals surface area contributed by atoms with E-state index in [1.165, 1.54) is 0 Å². The van der Waals surface area contributed by atoms with E-state index in [0.717, 1.165) is 0 Å². The number of phenolic OH excluding ortho intramolecular Hbond substituents is 2. The van der Waals surface area contributed by atoms with Gasteiger partial charge in [-0.25, -0.2) is 0 Å². The number of aromatic hydroxyl groups is 2. The van der Waals surface area contributed by atoms with Gasteiger partial charge in [-0.1, -0.05) is 12.1 Å². The number of primary amides is 1. The lowest BCUT2D eigenvalue weighted by Crippen LogP contribution is -2.65. The van der Waals surface area contributed by atoms with Crippen molar-refractivity contribution in [3.05, 3.63) is 45.7 Å². The SMILES string of the molecule is Cc1ccc2c(C)c3c(c(O)c2c1O)C(=O)C1(O)C(=O)C(C(N)=O)=C(O)[C@@H](N)C1C3. The summed E-state index contributed by atoms with van der Waals surface area (Å²) in [6, 6.07) is 1.93. The highest BCUT2D eigenvalue weighted by atomic mass is 16.3. The average molecular weight is 412 g/mol. The van der Waals surface area contributed by atoms with Crippen LogP contribution in [0.5, 0.6) is 11.5 Å². The number of hydrogen-bond acceptors (Lipinski definition) is 8. The zero-order chi connectivity index (χ0) is 22.3. The third-order valence-electron chi connectivity index (χ3n) is 6.37. The van der Waals surface area contributed by atoms with Gasteiger partial charge in [0, 0.05) is 5.92 Å². The lowest BCUT2D eigenvalue weighted by Gasteiger charge is -2.44. The first kappa shape index (κ1) is 19.9. The van der Waals surface area contributed by atoms with Gasteiger partial charge in [0.2, 0.25) is 11.6 Å². The molecule has 8 N–H and O–H groups in total. The van der Waals surface area contributed by atoms with Crippen LogP contribution in [0.15, 0.2) is 23.5 Å². The van der Waals surface area contributed by atoms with Crippen LogP contribution in [0.4, 0.5) is 0 Å². The van der Waals surface area contributed by atoms with Gasteiger partial charge in [0.15, 0.2) is 5.60 Å². The number of phenols is 2. The molecule has 156 valence electrons. The molecule has 9 nitrogen and oxygen atoms in total. The van der Waals surface area contributed by atoms with Crippen LogP contribution < -0.4 is 11.5 Å². The summed E-state index contributed by atoms with van der Waals surface area (Å²) < 4.78 is 0. The second-order valence-corrected chi connectivity index (χ2v) is 7.87. The van der Waals surface area contributed by atoms with E-state index in [0.29, 0.717) is 22.1 Å². The van der Waals surface area contributed by atoms with Gasteiger partial charge in [-0.05, 0) is 42.3 Å². The number of aliphatic hydroxyl groups excluding tert-OH is 1. The molecule has 0 heterocycles. The van der Waals surface area contributed by atoms with Crippen molar-refractivity contribution in [1.82, 2.24) is 0 Å². The van der Waals surface area contributed by atoms with E-state index in [-0.39, 0.29) is 23.1 Å². The first-order valence-electron chi connectivity index (χ1n) is 9.21. The van der Waals surface area contributed by atoms with Crippen molar-refractivity contribution in [2.45, 2.75) is 31.9 Å². The first-order chi connectivity index (χ1) is 13.9. The lowest BCUT2D eigenvalue weighted by molar-refractivity contribution is -0.138. The Kier molecular flexibility index (Phi) is 4.00. The maximum absolute atomic E-state index is 13.4. The van der Waals surface area contributed by atoms with E-state index in [9.17, 15) is 34.8 Å². The quantitative estimate of drug-likeness (QED) is 0.282. The van der Waals surface area contributed by atoms with Gasteiger partial charge in [0.1, 0.15) is 22.8 Å². The number of carbonyl (C=O) groups excluding carboxylic acids is 3. The average Bonchev–Trinajstić information content (AvgIpc) is 2.68. The van der Waals surface area contributed by atoms with Crippen LogP contribution in [0.1, 0.15) is 27.0 Å². The van der Waals surface area contributed by atoms with Crippen molar-refractivity contribution in [2.75, 3.05) is 0 Å². The van der Waals surface area contributed by atoms with Gasteiger partial charge in [0.25, 0.3) is 5.91 Å². The Bertz CT molecular complexity index is 1230. The third kappa shape index (κ3) is 2.16. The number of nitrogens with two attached hydrogens (primary N) is 2. The summed E-state index contributed by atoms with van der Waals surface area (Å²) in [4.78, 5) is 38.0. The van der Waals surface area contributed by atoms with Crippen LogP contribution in [0.25, 0.3) is 10.8 Å². The normalized spacial score (nSPS) is 26.0. The molecule has 1 amide bonds. The number of carbonyl (C=O) groups is 3. The van der Waals surface area contributed by atoms with Crippen molar-refractivity contribution in [2.24, 2.45) is 17.4 Å². The number of Topliss-reactive ketones (excluding diaryl/α,β-unsaturated/α-hetero) is 2. The topological polar surface area (TPSA) is 184 Å². The molecule has 0 bridgehead atoms. The summed E-state index contributed by atoms with van der Waals surface area (Å²) in [5, 5.41) is 43.3. The molecular formula is C21H20N2O7. The van der Waals surface area contributed by atoms with Crippen molar-refractivity contribution in [3.8, 4) is 11.5 Å². The van der Waals surface area contributed by atoms with Crippen LogP contribution in [0.3, 0.4) is 0 Å². The molecule has 2 aromatic rings. The molecular weight excluding hydrogens is 392 g/mol. The lowest BCUT2D eigenvalue weighted by atomic mass is 9.61. The third-order valence-corrected chi connectivity index (χ3v) is 6.37. The number of aryl methyl sites for hydroxylation is 2. The fourth-order valence-corrected chi connectivity index (χ4v) is 4.65. The fraction of sp³-hybridized carbons (Fsp3) is 0.286. The Hall–Kier alpha value is -3.43. The predicted octanol–water partition coefficient (Wildman–Crippen LogP) is 0.161. The molecule has 2 aromatic carbocycles. The smallest absolute Gasteiger partial charge is 0.255 e. The summed E-state index contributed by atoms with van der Waals surface area (Å²) in [5.74, 6) is -6.73. The molecule has 0 aromatic heterocycles. The molecule has 30 heavy (non-hydrogen) atoms. The number of fused-ring (bicyclic) bond motifs is 3. The molecule has 0 fully saturated rings. The van der Waals surface area contributed by atoms with Crippen molar-refractivity contribution >= 4 is 28.2 Å². The van der Waals surface area contributed by atoms with Crippen LogP contribution in [0.2, 0.25) is 0 Å². The second kappa shape index (κ2) is 6.04. The van der Waals surface area contributed by atoms with Crippen molar-refractivity contribution < 1.29 is 34.8 Å². The van der Waals surface area contributed by atoms with E-state index < -0.39 is 52.1 Å². The maximum atomic E-state index is 13.4. The molecule has 0 radical (unpaired) electrons. The van der Waals surface area contributed by atoms with Gasteiger partial charge >= 0.3 is 0 Å². The van der Waals surface area contributed by atoms with E-state index in [1.54, 1.807) is 26.0 Å². The molecule has 2 aliphatic rings.